The Kier molecular flexibility index (Phi) is 5.78. The van der Waals surface area contributed by atoms with E-state index in [1.165, 1.54) is 0 Å². The zero-order valence-electron chi connectivity index (χ0n) is 17.4. The number of ketones is 1. The Morgan fingerprint density at radius 1 is 1.14 bits per heavy atom. The Bertz CT molecular complexity index is 902. The van der Waals surface area contributed by atoms with E-state index in [1.807, 2.05) is 84.0 Å². The maximum absolute atomic E-state index is 13.1. The molecule has 4 atom stereocenters. The molecular weight excluding hydrogens is 370 g/mol. The van der Waals surface area contributed by atoms with Gasteiger partial charge in [-0.1, -0.05) is 43.3 Å². The molecule has 1 N–H and O–H groups in total. The lowest BCUT2D eigenvalue weighted by atomic mass is 9.85. The summed E-state index contributed by atoms with van der Waals surface area (Å²) in [5.41, 5.74) is 3.46. The van der Waals surface area contributed by atoms with Crippen molar-refractivity contribution in [3.05, 3.63) is 64.7 Å². The fourth-order valence-corrected chi connectivity index (χ4v) is 4.25. The Hall–Kier alpha value is -1.98. The zero-order chi connectivity index (χ0) is 20.6. The van der Waals surface area contributed by atoms with E-state index < -0.39 is 11.0 Å². The van der Waals surface area contributed by atoms with Crippen molar-refractivity contribution in [3.8, 4) is 5.75 Å². The quantitative estimate of drug-likeness (QED) is 0.782. The largest absolute Gasteiger partial charge is 0.484 e. The number of Topliss-reactive ketones (excluding diaryl/α,β-unsaturated/α-hetero) is 1. The molecule has 1 aliphatic heterocycles. The van der Waals surface area contributed by atoms with Crippen LogP contribution in [0.1, 0.15) is 73.8 Å². The second kappa shape index (κ2) is 7.80. The number of benzene rings is 2. The van der Waals surface area contributed by atoms with Gasteiger partial charge in [-0.15, -0.1) is 0 Å². The lowest BCUT2D eigenvalue weighted by molar-refractivity contribution is 0.0685. The fourth-order valence-electron chi connectivity index (χ4n) is 3.45. The molecule has 5 heteroatoms. The molecule has 0 saturated heterocycles. The van der Waals surface area contributed by atoms with Gasteiger partial charge in [-0.2, -0.15) is 0 Å². The highest BCUT2D eigenvalue weighted by Crippen LogP contribution is 2.43. The van der Waals surface area contributed by atoms with Crippen molar-refractivity contribution >= 4 is 16.8 Å². The highest BCUT2D eigenvalue weighted by molar-refractivity contribution is 7.84. The van der Waals surface area contributed by atoms with Gasteiger partial charge in [0.15, 0.2) is 5.78 Å². The van der Waals surface area contributed by atoms with Gasteiger partial charge in [0, 0.05) is 11.6 Å². The monoisotopic (exact) mass is 399 g/mol. The van der Waals surface area contributed by atoms with Gasteiger partial charge in [-0.05, 0) is 51.8 Å². The molecular formula is C23H29NO3S. The number of hydrogen-bond acceptors (Lipinski definition) is 3. The molecule has 0 saturated carbocycles. The van der Waals surface area contributed by atoms with Crippen molar-refractivity contribution in [2.45, 2.75) is 58.4 Å². The van der Waals surface area contributed by atoms with E-state index >= 15 is 0 Å². The molecule has 0 aromatic heterocycles. The third-order valence-corrected chi connectivity index (χ3v) is 6.75. The summed E-state index contributed by atoms with van der Waals surface area (Å²) in [5, 5.41) is 0. The summed E-state index contributed by atoms with van der Waals surface area (Å²) < 4.78 is 21.8. The van der Waals surface area contributed by atoms with Gasteiger partial charge in [0.1, 0.15) is 11.9 Å². The van der Waals surface area contributed by atoms with Crippen molar-refractivity contribution < 1.29 is 13.7 Å². The highest BCUT2D eigenvalue weighted by Gasteiger charge is 2.37. The van der Waals surface area contributed by atoms with Crippen LogP contribution in [0, 0.1) is 12.8 Å². The van der Waals surface area contributed by atoms with Crippen LogP contribution in [0.15, 0.2) is 42.5 Å². The first kappa shape index (κ1) is 20.7. The average molecular weight is 400 g/mol. The van der Waals surface area contributed by atoms with E-state index in [0.29, 0.717) is 11.3 Å². The number of aryl methyl sites for hydroxylation is 1. The Morgan fingerprint density at radius 2 is 1.79 bits per heavy atom. The van der Waals surface area contributed by atoms with E-state index in [4.69, 9.17) is 4.74 Å². The number of hydrogen-bond donors (Lipinski definition) is 1. The Balaban J connectivity index is 2.03. The average Bonchev–Trinajstić information content (AvgIpc) is 2.64. The second-order valence-electron chi connectivity index (χ2n) is 8.55. The van der Waals surface area contributed by atoms with Crippen LogP contribution in [0.25, 0.3) is 0 Å². The number of ether oxygens (including phenoxy) is 1. The molecule has 0 bridgehead atoms. The number of carbonyl (C=O) groups is 1. The van der Waals surface area contributed by atoms with Crippen LogP contribution in [0.3, 0.4) is 0 Å². The topological polar surface area (TPSA) is 55.4 Å². The van der Waals surface area contributed by atoms with E-state index in [-0.39, 0.29) is 28.6 Å². The number of carbonyl (C=O) groups excluding carboxylic acids is 1. The minimum absolute atomic E-state index is 0.0872. The SMILES string of the molecule is Cc1cc2c(c([C@@H](C)N[S@](=O)C(C)(C)C)c1)OC(c1ccccc1)C(C)C2=O. The maximum Gasteiger partial charge on any atom is 0.173 e. The summed E-state index contributed by atoms with van der Waals surface area (Å²) >= 11 is 0. The lowest BCUT2D eigenvalue weighted by Crippen LogP contribution is -2.36. The van der Waals surface area contributed by atoms with E-state index in [9.17, 15) is 9.00 Å². The fraction of sp³-hybridized carbons (Fsp3) is 0.435. The first-order valence-corrected chi connectivity index (χ1v) is 10.8. The van der Waals surface area contributed by atoms with E-state index in [2.05, 4.69) is 4.72 Å². The van der Waals surface area contributed by atoms with Crippen LogP contribution in [0.5, 0.6) is 5.75 Å². The first-order valence-electron chi connectivity index (χ1n) is 9.68. The molecule has 2 unspecified atom stereocenters. The van der Waals surface area contributed by atoms with E-state index in [0.717, 1.165) is 16.7 Å². The van der Waals surface area contributed by atoms with Gasteiger partial charge in [-0.25, -0.2) is 8.93 Å². The molecule has 3 rings (SSSR count). The van der Waals surface area contributed by atoms with Crippen molar-refractivity contribution in [1.82, 2.24) is 4.72 Å². The third-order valence-electron chi connectivity index (χ3n) is 5.07. The van der Waals surface area contributed by atoms with Crippen LogP contribution >= 0.6 is 0 Å². The summed E-state index contributed by atoms with van der Waals surface area (Å²) in [6.45, 7) is 11.6. The molecule has 2 aromatic rings. The Labute approximate surface area is 170 Å². The smallest absolute Gasteiger partial charge is 0.173 e. The normalized spacial score (nSPS) is 21.6. The molecule has 2 aromatic carbocycles. The van der Waals surface area contributed by atoms with Gasteiger partial charge in [0.25, 0.3) is 0 Å². The summed E-state index contributed by atoms with van der Waals surface area (Å²) in [5.74, 6) is 0.425. The minimum atomic E-state index is -1.23. The third kappa shape index (κ3) is 4.06. The zero-order valence-corrected chi connectivity index (χ0v) is 18.2. The molecule has 0 spiro atoms. The molecule has 0 radical (unpaired) electrons. The number of fused-ring (bicyclic) bond motifs is 1. The van der Waals surface area contributed by atoms with Crippen LogP contribution < -0.4 is 9.46 Å². The molecule has 150 valence electrons. The van der Waals surface area contributed by atoms with Crippen molar-refractivity contribution in [2.24, 2.45) is 5.92 Å². The summed E-state index contributed by atoms with van der Waals surface area (Å²) in [6.07, 6.45) is -0.331. The lowest BCUT2D eigenvalue weighted by Gasteiger charge is -2.34. The number of nitrogens with one attached hydrogen (secondary N) is 1. The number of rotatable bonds is 4. The second-order valence-corrected chi connectivity index (χ2v) is 10.6. The predicted octanol–water partition coefficient (Wildman–Crippen LogP) is 5.06. The molecule has 1 heterocycles. The minimum Gasteiger partial charge on any atom is -0.484 e. The van der Waals surface area contributed by atoms with Crippen LogP contribution in [-0.4, -0.2) is 14.7 Å². The molecule has 0 fully saturated rings. The molecule has 0 aliphatic carbocycles. The van der Waals surface area contributed by atoms with Gasteiger partial charge in [0.05, 0.1) is 27.2 Å². The molecule has 0 amide bonds. The van der Waals surface area contributed by atoms with Crippen molar-refractivity contribution in [2.75, 3.05) is 0 Å². The predicted molar refractivity (Wildman–Crippen MR) is 114 cm³/mol. The van der Waals surface area contributed by atoms with Gasteiger partial charge in [0.2, 0.25) is 0 Å². The van der Waals surface area contributed by atoms with Crippen LogP contribution in [0.4, 0.5) is 0 Å². The molecule has 28 heavy (non-hydrogen) atoms. The highest BCUT2D eigenvalue weighted by atomic mass is 32.2. The molecule has 1 aliphatic rings. The van der Waals surface area contributed by atoms with Crippen molar-refractivity contribution in [1.29, 1.82) is 0 Å². The maximum atomic E-state index is 13.1. The first-order chi connectivity index (χ1) is 13.1. The Morgan fingerprint density at radius 3 is 2.39 bits per heavy atom. The summed E-state index contributed by atoms with van der Waals surface area (Å²) in [4.78, 5) is 13.1. The van der Waals surface area contributed by atoms with Gasteiger partial charge in [-0.3, -0.25) is 4.79 Å². The standard InChI is InChI=1S/C23H29NO3S/c1-14-12-18(16(3)24-28(26)23(4,5)6)22-19(13-14)20(25)15(2)21(27-22)17-10-8-7-9-11-17/h7-13,15-16,21,24H,1-6H3/t15?,16-,21?,28-/m1/s1. The summed E-state index contributed by atoms with van der Waals surface area (Å²) in [7, 11) is -1.23. The van der Waals surface area contributed by atoms with E-state index in [1.54, 1.807) is 0 Å². The molecule has 4 nitrogen and oxygen atoms in total. The van der Waals surface area contributed by atoms with Crippen LogP contribution in [-0.2, 0) is 11.0 Å². The van der Waals surface area contributed by atoms with Gasteiger partial charge < -0.3 is 4.74 Å². The van der Waals surface area contributed by atoms with Gasteiger partial charge >= 0.3 is 0 Å². The van der Waals surface area contributed by atoms with Crippen molar-refractivity contribution in [3.63, 3.8) is 0 Å². The van der Waals surface area contributed by atoms with Crippen LogP contribution in [0.2, 0.25) is 0 Å². The summed E-state index contributed by atoms with van der Waals surface area (Å²) in [6, 6.07) is 13.5.